The summed E-state index contributed by atoms with van der Waals surface area (Å²) in [6.45, 7) is 5.79. The molecule has 1 aliphatic rings. The van der Waals surface area contributed by atoms with Crippen molar-refractivity contribution in [3.8, 4) is 0 Å². The number of rotatable bonds is 4. The van der Waals surface area contributed by atoms with Crippen LogP contribution in [-0.4, -0.2) is 27.7 Å². The number of hydrogen-bond acceptors (Lipinski definition) is 3. The molecule has 0 spiro atoms. The third kappa shape index (κ3) is 3.16. The minimum Gasteiger partial charge on any atom is -0.384 e. The van der Waals surface area contributed by atoms with Crippen LogP contribution in [0.25, 0.3) is 0 Å². The molecule has 2 aromatic rings. The van der Waals surface area contributed by atoms with E-state index in [4.69, 9.17) is 0 Å². The second-order valence-corrected chi connectivity index (χ2v) is 6.59. The Morgan fingerprint density at radius 2 is 1.96 bits per heavy atom. The highest BCUT2D eigenvalue weighted by Gasteiger charge is 2.37. The maximum Gasteiger partial charge on any atom is 0.123 e. The number of halogens is 1. The van der Waals surface area contributed by atoms with Gasteiger partial charge in [-0.15, -0.1) is 0 Å². The molecule has 3 rings (SSSR count). The van der Waals surface area contributed by atoms with E-state index in [1.54, 1.807) is 24.7 Å². The Kier molecular flexibility index (Phi) is 4.50. The highest BCUT2D eigenvalue weighted by atomic mass is 19.1. The first-order valence-corrected chi connectivity index (χ1v) is 8.21. The molecular weight excluding hydrogens is 293 g/mol. The number of benzene rings is 1. The minimum absolute atomic E-state index is 0.0127. The predicted octanol–water partition coefficient (Wildman–Crippen LogP) is 2.84. The molecule has 0 aliphatic carbocycles. The van der Waals surface area contributed by atoms with Crippen molar-refractivity contribution < 1.29 is 9.50 Å². The van der Waals surface area contributed by atoms with Crippen LogP contribution in [0.4, 0.5) is 4.39 Å². The van der Waals surface area contributed by atoms with Crippen LogP contribution in [0.2, 0.25) is 0 Å². The second kappa shape index (κ2) is 6.42. The van der Waals surface area contributed by atoms with Crippen LogP contribution in [0.3, 0.4) is 0 Å². The topological polar surface area (TPSA) is 50.1 Å². The minimum atomic E-state index is -0.924. The summed E-state index contributed by atoms with van der Waals surface area (Å²) in [6.07, 6.45) is 5.40. The van der Waals surface area contributed by atoms with Crippen molar-refractivity contribution >= 4 is 0 Å². The SMILES string of the molecule is C[C@H](c1ccc(F)cc1)n1cncc1C(C)(O)C1CCNCC1. The third-order valence-corrected chi connectivity index (χ3v) is 5.09. The maximum atomic E-state index is 13.1. The van der Waals surface area contributed by atoms with Crippen molar-refractivity contribution in [3.05, 3.63) is 53.9 Å². The van der Waals surface area contributed by atoms with Crippen molar-refractivity contribution in [2.45, 2.75) is 38.3 Å². The summed E-state index contributed by atoms with van der Waals surface area (Å²) in [4.78, 5) is 4.26. The van der Waals surface area contributed by atoms with Crippen LogP contribution in [0.15, 0.2) is 36.8 Å². The molecule has 1 aromatic carbocycles. The molecule has 2 heterocycles. The van der Waals surface area contributed by atoms with E-state index in [1.165, 1.54) is 12.1 Å². The Morgan fingerprint density at radius 3 is 2.61 bits per heavy atom. The van der Waals surface area contributed by atoms with Gasteiger partial charge in [-0.1, -0.05) is 12.1 Å². The Morgan fingerprint density at radius 1 is 1.30 bits per heavy atom. The van der Waals surface area contributed by atoms with E-state index in [1.807, 2.05) is 18.4 Å². The number of hydrogen-bond donors (Lipinski definition) is 2. The van der Waals surface area contributed by atoms with Crippen molar-refractivity contribution in [2.24, 2.45) is 5.92 Å². The van der Waals surface area contributed by atoms with E-state index < -0.39 is 5.60 Å². The highest BCUT2D eigenvalue weighted by molar-refractivity contribution is 5.23. The fraction of sp³-hybridized carbons (Fsp3) is 0.500. The van der Waals surface area contributed by atoms with Gasteiger partial charge >= 0.3 is 0 Å². The largest absolute Gasteiger partial charge is 0.384 e. The van der Waals surface area contributed by atoms with Gasteiger partial charge in [0.05, 0.1) is 24.3 Å². The van der Waals surface area contributed by atoms with Crippen LogP contribution in [-0.2, 0) is 5.60 Å². The monoisotopic (exact) mass is 317 g/mol. The molecule has 2 N–H and O–H groups in total. The lowest BCUT2D eigenvalue weighted by Crippen LogP contribution is -2.41. The predicted molar refractivity (Wildman–Crippen MR) is 87.6 cm³/mol. The fourth-order valence-corrected chi connectivity index (χ4v) is 3.50. The summed E-state index contributed by atoms with van der Waals surface area (Å²) < 4.78 is 15.1. The molecule has 1 saturated heterocycles. The van der Waals surface area contributed by atoms with E-state index >= 15 is 0 Å². The Labute approximate surface area is 136 Å². The lowest BCUT2D eigenvalue weighted by molar-refractivity contribution is -0.0257. The lowest BCUT2D eigenvalue weighted by atomic mass is 9.80. The second-order valence-electron chi connectivity index (χ2n) is 6.59. The summed E-state index contributed by atoms with van der Waals surface area (Å²) in [6, 6.07) is 6.48. The summed E-state index contributed by atoms with van der Waals surface area (Å²) >= 11 is 0. The van der Waals surface area contributed by atoms with E-state index in [0.29, 0.717) is 0 Å². The number of nitrogens with zero attached hydrogens (tertiary/aromatic N) is 2. The fourth-order valence-electron chi connectivity index (χ4n) is 3.50. The summed E-state index contributed by atoms with van der Waals surface area (Å²) in [7, 11) is 0. The molecule has 23 heavy (non-hydrogen) atoms. The molecule has 1 fully saturated rings. The lowest BCUT2D eigenvalue weighted by Gasteiger charge is -2.37. The molecule has 124 valence electrons. The van der Waals surface area contributed by atoms with Crippen LogP contribution in [0.5, 0.6) is 0 Å². The standard InChI is InChI=1S/C18H24FN3O/c1-13(14-3-5-16(19)6-4-14)22-12-21-11-17(22)18(2,23)15-7-9-20-10-8-15/h3-6,11-13,15,20,23H,7-10H2,1-2H3/t13-,18?/m1/s1. The Bertz CT molecular complexity index is 645. The Balaban J connectivity index is 1.90. The number of aliphatic hydroxyl groups is 1. The van der Waals surface area contributed by atoms with Gasteiger partial charge in [-0.3, -0.25) is 0 Å². The van der Waals surface area contributed by atoms with Crippen molar-refractivity contribution in [3.63, 3.8) is 0 Å². The molecule has 1 unspecified atom stereocenters. The quantitative estimate of drug-likeness (QED) is 0.912. The van der Waals surface area contributed by atoms with Gasteiger partial charge in [-0.25, -0.2) is 9.37 Å². The zero-order valence-corrected chi connectivity index (χ0v) is 13.7. The average molecular weight is 317 g/mol. The molecule has 4 nitrogen and oxygen atoms in total. The van der Waals surface area contributed by atoms with E-state index in [0.717, 1.165) is 37.2 Å². The first-order valence-electron chi connectivity index (χ1n) is 8.21. The average Bonchev–Trinajstić information content (AvgIpc) is 3.06. The van der Waals surface area contributed by atoms with Gasteiger partial charge in [0.2, 0.25) is 0 Å². The van der Waals surface area contributed by atoms with Crippen LogP contribution in [0.1, 0.15) is 44.0 Å². The molecule has 5 heteroatoms. The smallest absolute Gasteiger partial charge is 0.123 e. The van der Waals surface area contributed by atoms with Gasteiger partial charge in [-0.2, -0.15) is 0 Å². The number of piperidine rings is 1. The molecule has 0 saturated carbocycles. The first kappa shape index (κ1) is 16.1. The molecule has 1 aromatic heterocycles. The van der Waals surface area contributed by atoms with Crippen molar-refractivity contribution in [2.75, 3.05) is 13.1 Å². The highest BCUT2D eigenvalue weighted by Crippen LogP contribution is 2.36. The van der Waals surface area contributed by atoms with E-state index in [-0.39, 0.29) is 17.8 Å². The van der Waals surface area contributed by atoms with Gasteiger partial charge in [0.25, 0.3) is 0 Å². The zero-order valence-electron chi connectivity index (χ0n) is 13.7. The number of aromatic nitrogens is 2. The molecular formula is C18H24FN3O. The summed E-state index contributed by atoms with van der Waals surface area (Å²) in [5.74, 6) is -0.0341. The molecule has 2 atom stereocenters. The molecule has 0 amide bonds. The van der Waals surface area contributed by atoms with E-state index in [2.05, 4.69) is 10.3 Å². The van der Waals surface area contributed by atoms with Crippen LogP contribution >= 0.6 is 0 Å². The molecule has 0 bridgehead atoms. The number of nitrogens with one attached hydrogen (secondary N) is 1. The molecule has 0 radical (unpaired) electrons. The van der Waals surface area contributed by atoms with Gasteiger partial charge in [0, 0.05) is 0 Å². The first-order chi connectivity index (χ1) is 11.0. The normalized spacial score (nSPS) is 20.2. The maximum absolute atomic E-state index is 13.1. The zero-order chi connectivity index (χ0) is 16.4. The van der Waals surface area contributed by atoms with Crippen molar-refractivity contribution in [1.82, 2.24) is 14.9 Å². The van der Waals surface area contributed by atoms with Crippen LogP contribution in [0, 0.1) is 11.7 Å². The number of imidazole rings is 1. The van der Waals surface area contributed by atoms with Gasteiger partial charge < -0.3 is 15.0 Å². The van der Waals surface area contributed by atoms with Crippen molar-refractivity contribution in [1.29, 1.82) is 0 Å². The summed E-state index contributed by atoms with van der Waals surface area (Å²) in [5.41, 5.74) is 0.889. The van der Waals surface area contributed by atoms with Gasteiger partial charge in [0.1, 0.15) is 11.4 Å². The third-order valence-electron chi connectivity index (χ3n) is 5.09. The van der Waals surface area contributed by atoms with Gasteiger partial charge in [0.15, 0.2) is 0 Å². The van der Waals surface area contributed by atoms with E-state index in [9.17, 15) is 9.50 Å². The summed E-state index contributed by atoms with van der Waals surface area (Å²) in [5, 5.41) is 14.5. The van der Waals surface area contributed by atoms with Crippen LogP contribution < -0.4 is 5.32 Å². The Hall–Kier alpha value is -1.72. The van der Waals surface area contributed by atoms with Gasteiger partial charge in [-0.05, 0) is 63.4 Å². The molecule has 1 aliphatic heterocycles.